The molecule has 0 atom stereocenters. The van der Waals surface area contributed by atoms with Crippen LogP contribution in [-0.4, -0.2) is 29.2 Å². The minimum atomic E-state index is 0.588. The van der Waals surface area contributed by atoms with Crippen LogP contribution in [-0.2, 0) is 13.1 Å². The van der Waals surface area contributed by atoms with Crippen LogP contribution < -0.4 is 4.74 Å². The fourth-order valence-electron chi connectivity index (χ4n) is 2.36. The van der Waals surface area contributed by atoms with Crippen molar-refractivity contribution >= 4 is 15.9 Å². The SMILES string of the molecule is COc1ccc(-c2noc(CN(C)Cc3ccc(Br)cc3)n2)cc1. The molecule has 1 aromatic heterocycles. The molecule has 0 bridgehead atoms. The summed E-state index contributed by atoms with van der Waals surface area (Å²) in [4.78, 5) is 6.60. The molecule has 24 heavy (non-hydrogen) atoms. The quantitative estimate of drug-likeness (QED) is 0.635. The fourth-order valence-corrected chi connectivity index (χ4v) is 2.63. The highest BCUT2D eigenvalue weighted by atomic mass is 79.9. The summed E-state index contributed by atoms with van der Waals surface area (Å²) in [6, 6.07) is 15.9. The molecule has 3 rings (SSSR count). The molecule has 3 aromatic rings. The molecule has 2 aromatic carbocycles. The van der Waals surface area contributed by atoms with Crippen LogP contribution in [0.5, 0.6) is 5.75 Å². The van der Waals surface area contributed by atoms with Crippen LogP contribution >= 0.6 is 15.9 Å². The Kier molecular flexibility index (Phi) is 5.27. The lowest BCUT2D eigenvalue weighted by atomic mass is 10.2. The zero-order valence-electron chi connectivity index (χ0n) is 13.6. The molecular formula is C18H18BrN3O2. The molecule has 0 N–H and O–H groups in total. The largest absolute Gasteiger partial charge is 0.497 e. The minimum Gasteiger partial charge on any atom is -0.497 e. The standard InChI is InChI=1S/C18H18BrN3O2/c1-22(11-13-3-7-15(19)8-4-13)12-17-20-18(21-24-17)14-5-9-16(23-2)10-6-14/h3-10H,11-12H2,1-2H3. The van der Waals surface area contributed by atoms with E-state index < -0.39 is 0 Å². The molecule has 0 amide bonds. The highest BCUT2D eigenvalue weighted by Crippen LogP contribution is 2.20. The summed E-state index contributed by atoms with van der Waals surface area (Å²) in [5.41, 5.74) is 2.14. The summed E-state index contributed by atoms with van der Waals surface area (Å²) in [5, 5.41) is 4.05. The molecule has 1 heterocycles. The third-order valence-corrected chi connectivity index (χ3v) is 4.12. The van der Waals surface area contributed by atoms with Gasteiger partial charge in [-0.15, -0.1) is 0 Å². The number of hydrogen-bond donors (Lipinski definition) is 0. The number of rotatable bonds is 6. The van der Waals surface area contributed by atoms with E-state index in [0.717, 1.165) is 22.3 Å². The van der Waals surface area contributed by atoms with Gasteiger partial charge in [-0.05, 0) is 49.0 Å². The van der Waals surface area contributed by atoms with Crippen molar-refractivity contribution in [3.05, 3.63) is 64.5 Å². The molecule has 0 aliphatic carbocycles. The molecule has 0 fully saturated rings. The van der Waals surface area contributed by atoms with Gasteiger partial charge in [0.05, 0.1) is 13.7 Å². The summed E-state index contributed by atoms with van der Waals surface area (Å²) >= 11 is 3.44. The Morgan fingerprint density at radius 1 is 1.04 bits per heavy atom. The molecule has 5 nitrogen and oxygen atoms in total. The third-order valence-electron chi connectivity index (χ3n) is 3.59. The first-order valence-corrected chi connectivity index (χ1v) is 8.33. The van der Waals surface area contributed by atoms with Gasteiger partial charge in [0.2, 0.25) is 11.7 Å². The van der Waals surface area contributed by atoms with Crippen molar-refractivity contribution in [2.45, 2.75) is 13.1 Å². The van der Waals surface area contributed by atoms with Gasteiger partial charge in [0, 0.05) is 16.6 Å². The Balaban J connectivity index is 1.63. The number of benzene rings is 2. The number of methoxy groups -OCH3 is 1. The van der Waals surface area contributed by atoms with Crippen molar-refractivity contribution in [2.24, 2.45) is 0 Å². The van der Waals surface area contributed by atoms with E-state index in [1.165, 1.54) is 5.56 Å². The molecule has 6 heteroatoms. The highest BCUT2D eigenvalue weighted by Gasteiger charge is 2.11. The van der Waals surface area contributed by atoms with Gasteiger partial charge in [-0.25, -0.2) is 0 Å². The summed E-state index contributed by atoms with van der Waals surface area (Å²) in [7, 11) is 3.67. The van der Waals surface area contributed by atoms with E-state index in [1.807, 2.05) is 43.4 Å². The fraction of sp³-hybridized carbons (Fsp3) is 0.222. The van der Waals surface area contributed by atoms with Gasteiger partial charge in [-0.3, -0.25) is 4.90 Å². The van der Waals surface area contributed by atoms with Gasteiger partial charge in [-0.2, -0.15) is 4.98 Å². The molecule has 0 radical (unpaired) electrons. The third kappa shape index (κ3) is 4.21. The average molecular weight is 388 g/mol. The van der Waals surface area contributed by atoms with E-state index in [2.05, 4.69) is 43.1 Å². The Morgan fingerprint density at radius 2 is 1.75 bits per heavy atom. The number of nitrogens with zero attached hydrogens (tertiary/aromatic N) is 3. The highest BCUT2D eigenvalue weighted by molar-refractivity contribution is 9.10. The van der Waals surface area contributed by atoms with Crippen LogP contribution in [0, 0.1) is 0 Å². The molecule has 0 aliphatic heterocycles. The Labute approximate surface area is 149 Å². The molecule has 0 saturated heterocycles. The average Bonchev–Trinajstić information content (AvgIpc) is 3.05. The van der Waals surface area contributed by atoms with Crippen LogP contribution in [0.25, 0.3) is 11.4 Å². The molecule has 124 valence electrons. The first-order valence-electron chi connectivity index (χ1n) is 7.54. The van der Waals surface area contributed by atoms with Crippen molar-refractivity contribution in [2.75, 3.05) is 14.2 Å². The van der Waals surface area contributed by atoms with E-state index in [-0.39, 0.29) is 0 Å². The van der Waals surface area contributed by atoms with E-state index in [0.29, 0.717) is 18.3 Å². The smallest absolute Gasteiger partial charge is 0.241 e. The van der Waals surface area contributed by atoms with Crippen LogP contribution in [0.1, 0.15) is 11.5 Å². The lowest BCUT2D eigenvalue weighted by molar-refractivity contribution is 0.261. The Morgan fingerprint density at radius 3 is 2.42 bits per heavy atom. The summed E-state index contributed by atoms with van der Waals surface area (Å²) in [6.45, 7) is 1.41. The van der Waals surface area contributed by atoms with Gasteiger partial charge in [0.25, 0.3) is 0 Å². The lowest BCUT2D eigenvalue weighted by Gasteiger charge is -2.14. The lowest BCUT2D eigenvalue weighted by Crippen LogP contribution is -2.17. The van der Waals surface area contributed by atoms with E-state index in [9.17, 15) is 0 Å². The van der Waals surface area contributed by atoms with Gasteiger partial charge < -0.3 is 9.26 Å². The van der Waals surface area contributed by atoms with Crippen LogP contribution in [0.15, 0.2) is 57.5 Å². The second kappa shape index (κ2) is 7.59. The first kappa shape index (κ1) is 16.7. The van der Waals surface area contributed by atoms with Crippen molar-refractivity contribution in [3.63, 3.8) is 0 Å². The maximum Gasteiger partial charge on any atom is 0.241 e. The van der Waals surface area contributed by atoms with Crippen LogP contribution in [0.3, 0.4) is 0 Å². The normalized spacial score (nSPS) is 11.0. The van der Waals surface area contributed by atoms with E-state index >= 15 is 0 Å². The van der Waals surface area contributed by atoms with Crippen molar-refractivity contribution in [1.82, 2.24) is 15.0 Å². The molecule has 0 spiro atoms. The number of aromatic nitrogens is 2. The molecule has 0 aliphatic rings. The van der Waals surface area contributed by atoms with E-state index in [4.69, 9.17) is 9.26 Å². The molecule has 0 saturated carbocycles. The van der Waals surface area contributed by atoms with Gasteiger partial charge in [0.15, 0.2) is 0 Å². The predicted molar refractivity (Wildman–Crippen MR) is 95.6 cm³/mol. The minimum absolute atomic E-state index is 0.588. The van der Waals surface area contributed by atoms with Crippen LogP contribution in [0.2, 0.25) is 0 Å². The Hall–Kier alpha value is -2.18. The van der Waals surface area contributed by atoms with Crippen LogP contribution in [0.4, 0.5) is 0 Å². The van der Waals surface area contributed by atoms with E-state index in [1.54, 1.807) is 7.11 Å². The van der Waals surface area contributed by atoms with Gasteiger partial charge in [0.1, 0.15) is 5.75 Å². The number of halogens is 1. The number of ether oxygens (including phenoxy) is 1. The summed E-state index contributed by atoms with van der Waals surface area (Å²) in [5.74, 6) is 1.99. The summed E-state index contributed by atoms with van der Waals surface area (Å²) < 4.78 is 11.6. The first-order chi connectivity index (χ1) is 11.6. The maximum absolute atomic E-state index is 5.36. The Bertz CT molecular complexity index is 785. The van der Waals surface area contributed by atoms with Gasteiger partial charge in [-0.1, -0.05) is 33.2 Å². The topological polar surface area (TPSA) is 51.4 Å². The second-order valence-electron chi connectivity index (χ2n) is 5.54. The zero-order valence-corrected chi connectivity index (χ0v) is 15.2. The monoisotopic (exact) mass is 387 g/mol. The predicted octanol–water partition coefficient (Wildman–Crippen LogP) is 4.14. The van der Waals surface area contributed by atoms with Gasteiger partial charge >= 0.3 is 0 Å². The summed E-state index contributed by atoms with van der Waals surface area (Å²) in [6.07, 6.45) is 0. The van der Waals surface area contributed by atoms with Crippen molar-refractivity contribution in [3.8, 4) is 17.1 Å². The zero-order chi connectivity index (χ0) is 16.9. The second-order valence-corrected chi connectivity index (χ2v) is 6.45. The number of hydrogen-bond acceptors (Lipinski definition) is 5. The molecule has 0 unspecified atom stereocenters. The molecular weight excluding hydrogens is 370 g/mol. The van der Waals surface area contributed by atoms with Crippen molar-refractivity contribution < 1.29 is 9.26 Å². The maximum atomic E-state index is 5.36. The van der Waals surface area contributed by atoms with Crippen molar-refractivity contribution in [1.29, 1.82) is 0 Å².